The lowest BCUT2D eigenvalue weighted by Crippen LogP contribution is -2.42. The Labute approximate surface area is 207 Å². The van der Waals surface area contributed by atoms with E-state index in [1.54, 1.807) is 30.9 Å². The SMILES string of the molecule is COc1ccc2c(c1)c1c(c(=O)n(Cc3ccccc3)c(=O)n1CC(=O)Nc1ccccc1C)n2C. The minimum Gasteiger partial charge on any atom is -0.497 e. The number of nitrogens with one attached hydrogen (secondary N) is 1. The second-order valence-corrected chi connectivity index (χ2v) is 8.75. The molecule has 0 unspecified atom stereocenters. The summed E-state index contributed by atoms with van der Waals surface area (Å²) in [6, 6.07) is 22.2. The fraction of sp³-hybridized carbons (Fsp3) is 0.179. The first-order valence-electron chi connectivity index (χ1n) is 11.6. The highest BCUT2D eigenvalue weighted by molar-refractivity contribution is 6.07. The number of hydrogen-bond donors (Lipinski definition) is 1. The maximum Gasteiger partial charge on any atom is 0.332 e. The van der Waals surface area contributed by atoms with E-state index >= 15 is 0 Å². The van der Waals surface area contributed by atoms with Crippen LogP contribution in [0.5, 0.6) is 5.75 Å². The van der Waals surface area contributed by atoms with Gasteiger partial charge in [-0.15, -0.1) is 0 Å². The smallest absolute Gasteiger partial charge is 0.332 e. The lowest BCUT2D eigenvalue weighted by molar-refractivity contribution is -0.116. The summed E-state index contributed by atoms with van der Waals surface area (Å²) in [4.78, 5) is 40.6. The maximum absolute atomic E-state index is 13.8. The molecular formula is C28H26N4O4. The summed E-state index contributed by atoms with van der Waals surface area (Å²) in [6.45, 7) is 1.74. The molecule has 0 aliphatic heterocycles. The van der Waals surface area contributed by atoms with E-state index in [1.165, 1.54) is 9.13 Å². The van der Waals surface area contributed by atoms with Gasteiger partial charge in [-0.3, -0.25) is 18.7 Å². The van der Waals surface area contributed by atoms with Crippen LogP contribution in [0.25, 0.3) is 21.9 Å². The van der Waals surface area contributed by atoms with Gasteiger partial charge in [-0.2, -0.15) is 0 Å². The minimum atomic E-state index is -0.549. The Balaban J connectivity index is 1.74. The number of anilines is 1. The molecule has 0 radical (unpaired) electrons. The summed E-state index contributed by atoms with van der Waals surface area (Å²) in [5.74, 6) is 0.226. The normalized spacial score (nSPS) is 11.2. The van der Waals surface area contributed by atoms with Gasteiger partial charge in [-0.05, 0) is 42.3 Å². The fourth-order valence-electron chi connectivity index (χ4n) is 4.60. The largest absolute Gasteiger partial charge is 0.497 e. The number of benzene rings is 3. The molecule has 1 N–H and O–H groups in total. The van der Waals surface area contributed by atoms with E-state index in [0.717, 1.165) is 16.6 Å². The lowest BCUT2D eigenvalue weighted by Gasteiger charge is -2.14. The number of carbonyl (C=O) groups is 1. The predicted molar refractivity (Wildman–Crippen MR) is 141 cm³/mol. The van der Waals surface area contributed by atoms with Crippen LogP contribution in [0.15, 0.2) is 82.4 Å². The summed E-state index contributed by atoms with van der Waals surface area (Å²) in [5.41, 5.74) is 2.94. The summed E-state index contributed by atoms with van der Waals surface area (Å²) < 4.78 is 9.74. The van der Waals surface area contributed by atoms with E-state index in [9.17, 15) is 14.4 Å². The molecule has 0 bridgehead atoms. The Kier molecular flexibility index (Phi) is 5.93. The van der Waals surface area contributed by atoms with Gasteiger partial charge in [0.1, 0.15) is 17.8 Å². The van der Waals surface area contributed by atoms with Gasteiger partial charge in [0.25, 0.3) is 5.56 Å². The summed E-state index contributed by atoms with van der Waals surface area (Å²) in [7, 11) is 3.34. The van der Waals surface area contributed by atoms with Gasteiger partial charge in [-0.1, -0.05) is 48.5 Å². The molecule has 182 valence electrons. The van der Waals surface area contributed by atoms with Crippen LogP contribution in [0.1, 0.15) is 11.1 Å². The van der Waals surface area contributed by atoms with Crippen molar-refractivity contribution in [2.24, 2.45) is 7.05 Å². The zero-order valence-corrected chi connectivity index (χ0v) is 20.3. The van der Waals surface area contributed by atoms with Crippen LogP contribution in [0.4, 0.5) is 5.69 Å². The van der Waals surface area contributed by atoms with Gasteiger partial charge in [0, 0.05) is 18.1 Å². The van der Waals surface area contributed by atoms with Crippen molar-refractivity contribution >= 4 is 33.5 Å². The summed E-state index contributed by atoms with van der Waals surface area (Å²) in [5, 5.41) is 3.56. The molecule has 5 aromatic rings. The zero-order valence-electron chi connectivity index (χ0n) is 20.3. The van der Waals surface area contributed by atoms with Gasteiger partial charge >= 0.3 is 5.69 Å². The van der Waals surface area contributed by atoms with Gasteiger partial charge in [0.05, 0.1) is 24.7 Å². The zero-order chi connectivity index (χ0) is 25.4. The Hall–Kier alpha value is -4.59. The van der Waals surface area contributed by atoms with Crippen LogP contribution in [-0.2, 0) is 24.9 Å². The standard InChI is InChI=1S/C28H26N4O4/c1-18-9-7-8-12-22(18)29-24(33)17-31-25-21-15-20(36-3)13-14-23(21)30(2)26(25)27(34)32(28(31)35)16-19-10-5-4-6-11-19/h4-15H,16-17H2,1-3H3,(H,29,33). The molecule has 5 rings (SSSR count). The monoisotopic (exact) mass is 482 g/mol. The molecule has 2 heterocycles. The molecule has 0 fully saturated rings. The van der Waals surface area contributed by atoms with Gasteiger partial charge in [0.2, 0.25) is 5.91 Å². The van der Waals surface area contributed by atoms with Crippen molar-refractivity contribution in [3.8, 4) is 5.75 Å². The Morgan fingerprint density at radius 1 is 0.917 bits per heavy atom. The molecule has 0 saturated carbocycles. The number of para-hydroxylation sites is 1. The minimum absolute atomic E-state index is 0.0959. The van der Waals surface area contributed by atoms with Crippen LogP contribution in [0.2, 0.25) is 0 Å². The topological polar surface area (TPSA) is 87.3 Å². The highest BCUT2D eigenvalue weighted by Crippen LogP contribution is 2.29. The molecule has 1 amide bonds. The number of hydrogen-bond acceptors (Lipinski definition) is 4. The van der Waals surface area contributed by atoms with E-state index in [2.05, 4.69) is 5.32 Å². The molecule has 0 aliphatic carbocycles. The van der Waals surface area contributed by atoms with Gasteiger partial charge in [0.15, 0.2) is 0 Å². The van der Waals surface area contributed by atoms with Crippen molar-refractivity contribution in [3.63, 3.8) is 0 Å². The summed E-state index contributed by atoms with van der Waals surface area (Å²) >= 11 is 0. The third kappa shape index (κ3) is 3.96. The second-order valence-electron chi connectivity index (χ2n) is 8.75. The quantitative estimate of drug-likeness (QED) is 0.400. The number of methoxy groups -OCH3 is 1. The Morgan fingerprint density at radius 2 is 1.64 bits per heavy atom. The van der Waals surface area contributed by atoms with Crippen LogP contribution < -0.4 is 21.3 Å². The predicted octanol–water partition coefficient (Wildman–Crippen LogP) is 3.66. The van der Waals surface area contributed by atoms with E-state index in [-0.39, 0.29) is 19.0 Å². The van der Waals surface area contributed by atoms with E-state index in [4.69, 9.17) is 4.74 Å². The molecular weight excluding hydrogens is 456 g/mol. The molecule has 0 aliphatic rings. The number of fused-ring (bicyclic) bond motifs is 3. The van der Waals surface area contributed by atoms with Crippen LogP contribution in [-0.4, -0.2) is 26.7 Å². The second kappa shape index (κ2) is 9.22. The first-order valence-corrected chi connectivity index (χ1v) is 11.6. The molecule has 0 spiro atoms. The molecule has 36 heavy (non-hydrogen) atoms. The van der Waals surface area contributed by atoms with E-state index in [0.29, 0.717) is 27.9 Å². The van der Waals surface area contributed by atoms with Gasteiger partial charge in [-0.25, -0.2) is 4.79 Å². The number of amides is 1. The van der Waals surface area contributed by atoms with E-state index < -0.39 is 11.2 Å². The third-order valence-corrected chi connectivity index (χ3v) is 6.46. The van der Waals surface area contributed by atoms with Gasteiger partial charge < -0.3 is 14.6 Å². The molecule has 8 nitrogen and oxygen atoms in total. The average molecular weight is 483 g/mol. The van der Waals surface area contributed by atoms with Crippen molar-refractivity contribution < 1.29 is 9.53 Å². The van der Waals surface area contributed by atoms with Crippen molar-refractivity contribution in [1.29, 1.82) is 0 Å². The molecule has 8 heteroatoms. The van der Waals surface area contributed by atoms with Crippen LogP contribution in [0.3, 0.4) is 0 Å². The number of ether oxygens (including phenoxy) is 1. The highest BCUT2D eigenvalue weighted by atomic mass is 16.5. The number of rotatable bonds is 6. The highest BCUT2D eigenvalue weighted by Gasteiger charge is 2.22. The number of nitrogens with zero attached hydrogens (tertiary/aromatic N) is 3. The molecule has 2 aromatic heterocycles. The number of carbonyl (C=O) groups excluding carboxylic acids is 1. The first-order chi connectivity index (χ1) is 17.4. The Bertz CT molecular complexity index is 1730. The van der Waals surface area contributed by atoms with Crippen LogP contribution in [0, 0.1) is 6.92 Å². The number of aryl methyl sites for hydroxylation is 2. The average Bonchev–Trinajstić information content (AvgIpc) is 3.18. The van der Waals surface area contributed by atoms with Crippen molar-refractivity contribution in [1.82, 2.24) is 13.7 Å². The fourth-order valence-corrected chi connectivity index (χ4v) is 4.60. The van der Waals surface area contributed by atoms with Crippen molar-refractivity contribution in [2.45, 2.75) is 20.0 Å². The maximum atomic E-state index is 13.8. The Morgan fingerprint density at radius 3 is 2.36 bits per heavy atom. The number of aromatic nitrogens is 3. The van der Waals surface area contributed by atoms with E-state index in [1.807, 2.05) is 67.6 Å². The summed E-state index contributed by atoms with van der Waals surface area (Å²) in [6.07, 6.45) is 0. The molecule has 0 saturated heterocycles. The first kappa shape index (κ1) is 23.2. The lowest BCUT2D eigenvalue weighted by atomic mass is 10.2. The van der Waals surface area contributed by atoms with Crippen molar-refractivity contribution in [3.05, 3.63) is 105 Å². The third-order valence-electron chi connectivity index (χ3n) is 6.46. The molecule has 3 aromatic carbocycles. The molecule has 0 atom stereocenters. The van der Waals surface area contributed by atoms with Crippen LogP contribution >= 0.6 is 0 Å². The van der Waals surface area contributed by atoms with Crippen molar-refractivity contribution in [2.75, 3.05) is 12.4 Å².